The number of nitrogens with zero attached hydrogens (tertiary/aromatic N) is 3. The average Bonchev–Trinajstić information content (AvgIpc) is 3.67. The molecule has 3 rings (SSSR count). The van der Waals surface area contributed by atoms with E-state index in [1.807, 2.05) is 78.2 Å². The summed E-state index contributed by atoms with van der Waals surface area (Å²) in [5.41, 5.74) is 4.03. The SMILES string of the molecule is CCN(CC)C(=O)COCCOCCOCC(=O)N[C@H](C(=O)N1C[C@H](O)C[C@H]1C(=O)N[C@@H](C)c1ccc(-c2scnc2C)cc1)C(C)(C)C. The largest absolute Gasteiger partial charge is 0.391 e. The number of carbonyl (C=O) groups excluding carboxylic acids is 4. The van der Waals surface area contributed by atoms with Crippen molar-refractivity contribution in [3.63, 3.8) is 0 Å². The van der Waals surface area contributed by atoms with E-state index in [1.54, 1.807) is 16.2 Å². The molecule has 13 nitrogen and oxygen atoms in total. The zero-order valence-corrected chi connectivity index (χ0v) is 30.6. The van der Waals surface area contributed by atoms with Gasteiger partial charge in [-0.25, -0.2) is 4.98 Å². The molecule has 0 saturated carbocycles. The Kier molecular flexibility index (Phi) is 15.6. The summed E-state index contributed by atoms with van der Waals surface area (Å²) in [5.74, 6) is -1.38. The number of carbonyl (C=O) groups is 4. The molecule has 0 aliphatic carbocycles. The first-order valence-electron chi connectivity index (χ1n) is 16.9. The Bertz CT molecular complexity index is 1370. The van der Waals surface area contributed by atoms with Gasteiger partial charge in [0.05, 0.1) is 54.7 Å². The molecule has 14 heteroatoms. The van der Waals surface area contributed by atoms with Crippen molar-refractivity contribution in [1.82, 2.24) is 25.4 Å². The molecule has 4 amide bonds. The molecule has 272 valence electrons. The molecule has 1 aromatic heterocycles. The maximum absolute atomic E-state index is 13.9. The van der Waals surface area contributed by atoms with E-state index in [1.165, 1.54) is 4.90 Å². The van der Waals surface area contributed by atoms with E-state index >= 15 is 0 Å². The number of benzene rings is 1. The van der Waals surface area contributed by atoms with Gasteiger partial charge in [0.25, 0.3) is 0 Å². The first-order chi connectivity index (χ1) is 23.3. The fraction of sp³-hybridized carbons (Fsp3) is 0.629. The first kappa shape index (κ1) is 40.0. The molecular weight excluding hydrogens is 650 g/mol. The number of β-amino-alcohol motifs (C(OH)–C–C–N with tert-alkyl or cyclic N) is 1. The van der Waals surface area contributed by atoms with Crippen molar-refractivity contribution in [2.24, 2.45) is 5.41 Å². The number of amides is 4. The third kappa shape index (κ3) is 11.8. The van der Waals surface area contributed by atoms with Crippen LogP contribution in [0.2, 0.25) is 0 Å². The third-order valence-electron chi connectivity index (χ3n) is 8.38. The molecule has 3 N–H and O–H groups in total. The molecule has 0 radical (unpaired) electrons. The number of aryl methyl sites for hydroxylation is 1. The van der Waals surface area contributed by atoms with E-state index in [9.17, 15) is 24.3 Å². The average molecular weight is 704 g/mol. The fourth-order valence-electron chi connectivity index (χ4n) is 5.55. The maximum Gasteiger partial charge on any atom is 0.248 e. The number of hydrogen-bond donors (Lipinski definition) is 3. The lowest BCUT2D eigenvalue weighted by Crippen LogP contribution is -2.58. The van der Waals surface area contributed by atoms with Crippen LogP contribution in [-0.2, 0) is 33.4 Å². The topological polar surface area (TPSA) is 160 Å². The Morgan fingerprint density at radius 2 is 1.61 bits per heavy atom. The van der Waals surface area contributed by atoms with Crippen LogP contribution in [0.15, 0.2) is 29.8 Å². The molecule has 2 aromatic rings. The van der Waals surface area contributed by atoms with Crippen molar-refractivity contribution < 1.29 is 38.5 Å². The number of aliphatic hydroxyl groups is 1. The van der Waals surface area contributed by atoms with Gasteiger partial charge in [0.15, 0.2) is 0 Å². The number of likely N-dealkylation sites (N-methyl/N-ethyl adjacent to an activating group) is 1. The van der Waals surface area contributed by atoms with Crippen LogP contribution >= 0.6 is 11.3 Å². The quantitative estimate of drug-likeness (QED) is 0.199. The maximum atomic E-state index is 13.9. The van der Waals surface area contributed by atoms with E-state index < -0.39 is 35.4 Å². The summed E-state index contributed by atoms with van der Waals surface area (Å²) in [4.78, 5) is 60.6. The van der Waals surface area contributed by atoms with Crippen LogP contribution in [0, 0.1) is 12.3 Å². The van der Waals surface area contributed by atoms with Crippen molar-refractivity contribution >= 4 is 35.0 Å². The van der Waals surface area contributed by atoms with Gasteiger partial charge >= 0.3 is 0 Å². The molecule has 1 aliphatic heterocycles. The van der Waals surface area contributed by atoms with Gasteiger partial charge in [0.2, 0.25) is 23.6 Å². The molecular formula is C35H53N5O8S. The van der Waals surface area contributed by atoms with Crippen LogP contribution in [0.5, 0.6) is 0 Å². The minimum absolute atomic E-state index is 0.000533. The van der Waals surface area contributed by atoms with Crippen molar-refractivity contribution in [2.45, 2.75) is 79.1 Å². The zero-order chi connectivity index (χ0) is 36.1. The summed E-state index contributed by atoms with van der Waals surface area (Å²) in [7, 11) is 0. The monoisotopic (exact) mass is 703 g/mol. The number of rotatable bonds is 18. The van der Waals surface area contributed by atoms with Crippen molar-refractivity contribution in [3.8, 4) is 10.4 Å². The van der Waals surface area contributed by atoms with Crippen LogP contribution in [0.4, 0.5) is 0 Å². The van der Waals surface area contributed by atoms with E-state index in [2.05, 4.69) is 15.6 Å². The van der Waals surface area contributed by atoms with Gasteiger partial charge in [-0.3, -0.25) is 19.2 Å². The Balaban J connectivity index is 1.47. The molecule has 1 aliphatic rings. The summed E-state index contributed by atoms with van der Waals surface area (Å²) in [6, 6.07) is 5.71. The van der Waals surface area contributed by atoms with E-state index in [0.29, 0.717) is 13.1 Å². The van der Waals surface area contributed by atoms with Crippen LogP contribution in [0.3, 0.4) is 0 Å². The van der Waals surface area contributed by atoms with Gasteiger partial charge < -0.3 is 39.8 Å². The highest BCUT2D eigenvalue weighted by atomic mass is 32.1. The number of aromatic nitrogens is 1. The smallest absolute Gasteiger partial charge is 0.248 e. The second kappa shape index (κ2) is 19.1. The molecule has 49 heavy (non-hydrogen) atoms. The lowest BCUT2D eigenvalue weighted by Gasteiger charge is -2.35. The number of thiazole rings is 1. The van der Waals surface area contributed by atoms with E-state index in [4.69, 9.17) is 14.2 Å². The normalized spacial score (nSPS) is 17.4. The van der Waals surface area contributed by atoms with Crippen molar-refractivity contribution in [1.29, 1.82) is 0 Å². The first-order valence-corrected chi connectivity index (χ1v) is 17.7. The highest BCUT2D eigenvalue weighted by molar-refractivity contribution is 7.13. The second-order valence-electron chi connectivity index (χ2n) is 13.2. The lowest BCUT2D eigenvalue weighted by molar-refractivity contribution is -0.144. The van der Waals surface area contributed by atoms with Gasteiger partial charge in [-0.2, -0.15) is 0 Å². The third-order valence-corrected chi connectivity index (χ3v) is 9.36. The van der Waals surface area contributed by atoms with Gasteiger partial charge in [-0.15, -0.1) is 11.3 Å². The summed E-state index contributed by atoms with van der Waals surface area (Å²) >= 11 is 1.57. The Morgan fingerprint density at radius 1 is 1.00 bits per heavy atom. The summed E-state index contributed by atoms with van der Waals surface area (Å²) < 4.78 is 16.2. The van der Waals surface area contributed by atoms with Gasteiger partial charge in [0.1, 0.15) is 25.3 Å². The minimum Gasteiger partial charge on any atom is -0.391 e. The van der Waals surface area contributed by atoms with Gasteiger partial charge in [-0.05, 0) is 44.2 Å². The van der Waals surface area contributed by atoms with Crippen LogP contribution in [0.25, 0.3) is 10.4 Å². The highest BCUT2D eigenvalue weighted by Crippen LogP contribution is 2.29. The lowest BCUT2D eigenvalue weighted by atomic mass is 9.85. The molecule has 0 spiro atoms. The molecule has 0 unspecified atom stereocenters. The summed E-state index contributed by atoms with van der Waals surface area (Å²) in [6.45, 7) is 15.0. The second-order valence-corrected chi connectivity index (χ2v) is 14.0. The van der Waals surface area contributed by atoms with Crippen LogP contribution < -0.4 is 10.6 Å². The van der Waals surface area contributed by atoms with E-state index in [0.717, 1.165) is 21.7 Å². The van der Waals surface area contributed by atoms with Crippen LogP contribution in [-0.4, -0.2) is 121 Å². The Hall–Kier alpha value is -3.43. The predicted molar refractivity (Wildman–Crippen MR) is 187 cm³/mol. The summed E-state index contributed by atoms with van der Waals surface area (Å²) in [6.07, 6.45) is -0.774. The fourth-order valence-corrected chi connectivity index (χ4v) is 6.36. The number of hydrogen-bond acceptors (Lipinski definition) is 10. The van der Waals surface area contributed by atoms with Crippen LogP contribution in [0.1, 0.15) is 65.3 Å². The number of aliphatic hydroxyl groups excluding tert-OH is 1. The van der Waals surface area contributed by atoms with E-state index in [-0.39, 0.29) is 70.5 Å². The Morgan fingerprint density at radius 3 is 2.18 bits per heavy atom. The van der Waals surface area contributed by atoms with Crippen molar-refractivity contribution in [2.75, 3.05) is 59.3 Å². The number of ether oxygens (including phenoxy) is 3. The molecule has 4 atom stereocenters. The van der Waals surface area contributed by atoms with Gasteiger partial charge in [-0.1, -0.05) is 45.0 Å². The molecule has 1 fully saturated rings. The molecule has 2 heterocycles. The number of likely N-dealkylation sites (tertiary alicyclic amines) is 1. The van der Waals surface area contributed by atoms with Crippen molar-refractivity contribution in [3.05, 3.63) is 41.0 Å². The Labute approximate surface area is 293 Å². The standard InChI is InChI=1S/C35H53N5O8S/c1-8-39(9-2)30(43)21-48-17-15-46-14-16-47-20-29(42)38-32(35(5,6)7)34(45)40-19-27(41)18-28(40)33(44)37-23(3)25-10-12-26(13-11-25)31-24(4)36-22-49-31/h10-13,22-23,27-28,32,41H,8-9,14-21H2,1-7H3,(H,37,44)(H,38,42)/t23-,27+,28-,32+/m0/s1. The molecule has 1 aromatic carbocycles. The zero-order valence-electron chi connectivity index (χ0n) is 29.8. The van der Waals surface area contributed by atoms with Gasteiger partial charge in [0, 0.05) is 26.1 Å². The molecule has 1 saturated heterocycles. The minimum atomic E-state index is -0.961. The highest BCUT2D eigenvalue weighted by Gasteiger charge is 2.44. The number of nitrogens with one attached hydrogen (secondary N) is 2. The predicted octanol–water partition coefficient (Wildman–Crippen LogP) is 2.71. The molecule has 0 bridgehead atoms. The summed E-state index contributed by atoms with van der Waals surface area (Å²) in [5, 5.41) is 16.3.